The first-order valence-electron chi connectivity index (χ1n) is 7.27. The molecule has 0 heterocycles. The van der Waals surface area contributed by atoms with Gasteiger partial charge in [0.2, 0.25) is 5.91 Å². The van der Waals surface area contributed by atoms with Crippen LogP contribution in [0.15, 0.2) is 0 Å². The molecule has 0 aromatic carbocycles. The lowest BCUT2D eigenvalue weighted by Gasteiger charge is -2.30. The molecular weight excluding hydrogens is 256 g/mol. The second-order valence-electron chi connectivity index (χ2n) is 6.54. The number of rotatable bonds is 9. The van der Waals surface area contributed by atoms with Crippen LogP contribution in [0.2, 0.25) is 0 Å². The average molecular weight is 289 g/mol. The normalized spacial score (nSPS) is 15.1. The van der Waals surface area contributed by atoms with Crippen LogP contribution in [0.3, 0.4) is 0 Å². The van der Waals surface area contributed by atoms with E-state index in [9.17, 15) is 4.79 Å². The van der Waals surface area contributed by atoms with Crippen molar-refractivity contribution in [3.63, 3.8) is 0 Å². The van der Waals surface area contributed by atoms with Crippen molar-refractivity contribution >= 4 is 17.7 Å². The van der Waals surface area contributed by atoms with Crippen molar-refractivity contribution < 1.29 is 4.79 Å². The highest BCUT2D eigenvalue weighted by Gasteiger charge is 2.24. The minimum absolute atomic E-state index is 0.180. The molecule has 0 spiro atoms. The summed E-state index contributed by atoms with van der Waals surface area (Å²) < 4.78 is 0. The summed E-state index contributed by atoms with van der Waals surface area (Å²) in [4.78, 5) is 11.8. The number of nitrogens with two attached hydrogens (primary N) is 1. The summed E-state index contributed by atoms with van der Waals surface area (Å²) in [6.07, 6.45) is 4.65. The van der Waals surface area contributed by atoms with Gasteiger partial charge in [-0.25, -0.2) is 0 Å². The van der Waals surface area contributed by atoms with Gasteiger partial charge in [0.1, 0.15) is 0 Å². The number of hydrogen-bond acceptors (Lipinski definition) is 3. The Morgan fingerprint density at radius 3 is 2.42 bits per heavy atom. The summed E-state index contributed by atoms with van der Waals surface area (Å²) in [7, 11) is 0. The van der Waals surface area contributed by atoms with E-state index >= 15 is 0 Å². The molecular formula is C15H32N2OS. The third kappa shape index (κ3) is 9.33. The topological polar surface area (TPSA) is 55.1 Å². The molecule has 0 aromatic heterocycles. The maximum absolute atomic E-state index is 11.8. The zero-order valence-corrected chi connectivity index (χ0v) is 14.1. The maximum atomic E-state index is 11.8. The Hall–Kier alpha value is -0.220. The summed E-state index contributed by atoms with van der Waals surface area (Å²) in [6.45, 7) is 10.3. The van der Waals surface area contributed by atoms with Crippen LogP contribution in [-0.2, 0) is 4.79 Å². The molecule has 3 N–H and O–H groups in total. The van der Waals surface area contributed by atoms with E-state index in [1.165, 1.54) is 0 Å². The molecule has 114 valence electrons. The summed E-state index contributed by atoms with van der Waals surface area (Å²) in [5, 5.41) is 3.03. The lowest BCUT2D eigenvalue weighted by molar-refractivity contribution is -0.121. The van der Waals surface area contributed by atoms with E-state index in [0.717, 1.165) is 25.1 Å². The van der Waals surface area contributed by atoms with E-state index in [1.807, 2.05) is 11.8 Å². The van der Waals surface area contributed by atoms with Gasteiger partial charge in [-0.05, 0) is 48.6 Å². The molecule has 0 aliphatic carbocycles. The highest BCUT2D eigenvalue weighted by atomic mass is 32.2. The second-order valence-corrected chi connectivity index (χ2v) is 7.45. The first kappa shape index (κ1) is 18.8. The average Bonchev–Trinajstić information content (AvgIpc) is 2.30. The lowest BCUT2D eigenvalue weighted by Crippen LogP contribution is -2.31. The minimum atomic E-state index is 0.180. The Balaban J connectivity index is 3.99. The standard InChI is InChI=1S/C15H32N2OS/c1-12(11-19-5)10-17-14(18)7-6-13(8-9-16)15(2,3)4/h12-13H,6-11,16H2,1-5H3,(H,17,18). The van der Waals surface area contributed by atoms with Crippen molar-refractivity contribution in [2.24, 2.45) is 23.0 Å². The Labute approximate surface area is 123 Å². The molecule has 19 heavy (non-hydrogen) atoms. The van der Waals surface area contributed by atoms with Crippen LogP contribution >= 0.6 is 11.8 Å². The zero-order chi connectivity index (χ0) is 14.9. The van der Waals surface area contributed by atoms with Gasteiger partial charge >= 0.3 is 0 Å². The number of nitrogens with one attached hydrogen (secondary N) is 1. The lowest BCUT2D eigenvalue weighted by atomic mass is 9.76. The quantitative estimate of drug-likeness (QED) is 0.686. The van der Waals surface area contributed by atoms with E-state index in [2.05, 4.69) is 39.3 Å². The molecule has 4 heteroatoms. The second kappa shape index (κ2) is 9.65. The molecule has 0 rings (SSSR count). The molecule has 0 bridgehead atoms. The Bertz CT molecular complexity index is 251. The van der Waals surface area contributed by atoms with Crippen LogP contribution in [0.5, 0.6) is 0 Å². The fourth-order valence-electron chi connectivity index (χ4n) is 2.24. The molecule has 3 nitrogen and oxygen atoms in total. The van der Waals surface area contributed by atoms with E-state index in [0.29, 0.717) is 24.8 Å². The van der Waals surface area contributed by atoms with Gasteiger partial charge in [0, 0.05) is 13.0 Å². The fourth-order valence-corrected chi connectivity index (χ4v) is 2.92. The largest absolute Gasteiger partial charge is 0.356 e. The van der Waals surface area contributed by atoms with Crippen LogP contribution in [0.4, 0.5) is 0 Å². The van der Waals surface area contributed by atoms with E-state index in [-0.39, 0.29) is 11.3 Å². The predicted molar refractivity (Wildman–Crippen MR) is 86.4 cm³/mol. The van der Waals surface area contributed by atoms with Crippen LogP contribution in [0.1, 0.15) is 47.0 Å². The SMILES string of the molecule is CSCC(C)CNC(=O)CCC(CCN)C(C)(C)C. The van der Waals surface area contributed by atoms with Gasteiger partial charge in [-0.2, -0.15) is 11.8 Å². The van der Waals surface area contributed by atoms with E-state index in [4.69, 9.17) is 5.73 Å². The number of carbonyl (C=O) groups is 1. The third-order valence-electron chi connectivity index (χ3n) is 3.56. The minimum Gasteiger partial charge on any atom is -0.356 e. The van der Waals surface area contributed by atoms with Gasteiger partial charge < -0.3 is 11.1 Å². The summed E-state index contributed by atoms with van der Waals surface area (Å²) >= 11 is 1.82. The highest BCUT2D eigenvalue weighted by molar-refractivity contribution is 7.98. The first-order chi connectivity index (χ1) is 8.81. The van der Waals surface area contributed by atoms with Crippen molar-refractivity contribution in [1.29, 1.82) is 0 Å². The maximum Gasteiger partial charge on any atom is 0.220 e. The van der Waals surface area contributed by atoms with Crippen LogP contribution < -0.4 is 11.1 Å². The van der Waals surface area contributed by atoms with Crippen molar-refractivity contribution in [3.05, 3.63) is 0 Å². The number of hydrogen-bond donors (Lipinski definition) is 2. The molecule has 0 fully saturated rings. The van der Waals surface area contributed by atoms with Crippen molar-refractivity contribution in [2.45, 2.75) is 47.0 Å². The fraction of sp³-hybridized carbons (Fsp3) is 0.933. The predicted octanol–water partition coefficient (Wildman–Crippen LogP) is 2.89. The van der Waals surface area contributed by atoms with E-state index in [1.54, 1.807) is 0 Å². The van der Waals surface area contributed by atoms with Crippen LogP contribution in [0.25, 0.3) is 0 Å². The van der Waals surface area contributed by atoms with Crippen molar-refractivity contribution in [3.8, 4) is 0 Å². The van der Waals surface area contributed by atoms with Crippen LogP contribution in [-0.4, -0.2) is 31.0 Å². The molecule has 0 aromatic rings. The third-order valence-corrected chi connectivity index (χ3v) is 4.46. The molecule has 1 amide bonds. The summed E-state index contributed by atoms with van der Waals surface area (Å²) in [5.74, 6) is 2.34. The summed E-state index contributed by atoms with van der Waals surface area (Å²) in [6, 6.07) is 0. The number of thioether (sulfide) groups is 1. The molecule has 0 saturated carbocycles. The summed E-state index contributed by atoms with van der Waals surface area (Å²) in [5.41, 5.74) is 5.89. The zero-order valence-electron chi connectivity index (χ0n) is 13.3. The smallest absolute Gasteiger partial charge is 0.220 e. The Kier molecular flexibility index (Phi) is 9.54. The van der Waals surface area contributed by atoms with Gasteiger partial charge in [0.15, 0.2) is 0 Å². The van der Waals surface area contributed by atoms with Gasteiger partial charge in [-0.1, -0.05) is 27.7 Å². The Morgan fingerprint density at radius 2 is 1.95 bits per heavy atom. The number of carbonyl (C=O) groups excluding carboxylic acids is 1. The highest BCUT2D eigenvalue weighted by Crippen LogP contribution is 2.31. The molecule has 2 atom stereocenters. The van der Waals surface area contributed by atoms with Gasteiger partial charge in [0.25, 0.3) is 0 Å². The van der Waals surface area contributed by atoms with Gasteiger partial charge in [-0.3, -0.25) is 4.79 Å². The van der Waals surface area contributed by atoms with Crippen molar-refractivity contribution in [1.82, 2.24) is 5.32 Å². The van der Waals surface area contributed by atoms with Crippen LogP contribution in [0, 0.1) is 17.3 Å². The molecule has 0 aliphatic heterocycles. The molecule has 2 unspecified atom stereocenters. The Morgan fingerprint density at radius 1 is 1.32 bits per heavy atom. The van der Waals surface area contributed by atoms with Gasteiger partial charge in [0.05, 0.1) is 0 Å². The first-order valence-corrected chi connectivity index (χ1v) is 8.66. The van der Waals surface area contributed by atoms with Gasteiger partial charge in [-0.15, -0.1) is 0 Å². The molecule has 0 aliphatic rings. The monoisotopic (exact) mass is 288 g/mol. The molecule has 0 radical (unpaired) electrons. The van der Waals surface area contributed by atoms with E-state index < -0.39 is 0 Å². The number of amides is 1. The molecule has 0 saturated heterocycles. The van der Waals surface area contributed by atoms with Crippen molar-refractivity contribution in [2.75, 3.05) is 25.1 Å².